The van der Waals surface area contributed by atoms with Gasteiger partial charge in [0.05, 0.1) is 0 Å². The lowest BCUT2D eigenvalue weighted by atomic mass is 9.93. The maximum atomic E-state index is 9.82. The van der Waals surface area contributed by atoms with Crippen LogP contribution in [-0.2, 0) is 4.79 Å². The van der Waals surface area contributed by atoms with Crippen molar-refractivity contribution in [3.05, 3.63) is 25.4 Å². The van der Waals surface area contributed by atoms with Gasteiger partial charge in [0.15, 0.2) is 0 Å². The van der Waals surface area contributed by atoms with E-state index in [0.717, 1.165) is 12.0 Å². The van der Waals surface area contributed by atoms with Crippen LogP contribution in [0.1, 0.15) is 40.0 Å². The van der Waals surface area contributed by atoms with Gasteiger partial charge in [0, 0.05) is 18.2 Å². The summed E-state index contributed by atoms with van der Waals surface area (Å²) < 4.78 is 0. The number of nitrogens with two attached hydrogens (primary N) is 2. The predicted molar refractivity (Wildman–Crippen MR) is 90.5 cm³/mol. The van der Waals surface area contributed by atoms with Crippen molar-refractivity contribution >= 4 is 6.29 Å². The van der Waals surface area contributed by atoms with Gasteiger partial charge >= 0.3 is 0 Å². The molecule has 1 aliphatic rings. The summed E-state index contributed by atoms with van der Waals surface area (Å²) >= 11 is 0. The zero-order chi connectivity index (χ0) is 16.8. The minimum Gasteiger partial charge on any atom is -0.401 e. The molecule has 1 saturated heterocycles. The monoisotopic (exact) mass is 285 g/mol. The second kappa shape index (κ2) is 14.3. The topological polar surface area (TPSA) is 72.3 Å². The van der Waals surface area contributed by atoms with Crippen LogP contribution in [0.25, 0.3) is 0 Å². The molecule has 20 heavy (non-hydrogen) atoms. The highest BCUT2D eigenvalue weighted by molar-refractivity contribution is 5.50. The standard InChI is InChI=1S/C7H14N2.C6H12O.C2H4.CH5N/c1-6(8)7-4-3-5-9(7)2;1-6(2,3)4-5-7;2*1-2/h7H,1,3-5,8H2,2H3;5H,4H2,1-3H3;1-2H2;2H2,1H3. The third kappa shape index (κ3) is 14.9. The highest BCUT2D eigenvalue weighted by Gasteiger charge is 2.21. The molecule has 120 valence electrons. The van der Waals surface area contributed by atoms with Crippen molar-refractivity contribution in [3.63, 3.8) is 0 Å². The molecule has 0 aromatic heterocycles. The van der Waals surface area contributed by atoms with Gasteiger partial charge < -0.3 is 16.3 Å². The van der Waals surface area contributed by atoms with Gasteiger partial charge in [-0.25, -0.2) is 0 Å². The predicted octanol–water partition coefficient (Wildman–Crippen LogP) is 2.55. The quantitative estimate of drug-likeness (QED) is 0.604. The van der Waals surface area contributed by atoms with E-state index in [4.69, 9.17) is 5.73 Å². The summed E-state index contributed by atoms with van der Waals surface area (Å²) in [6.45, 7) is 17.0. The molecule has 4 heteroatoms. The highest BCUT2D eigenvalue weighted by Crippen LogP contribution is 2.17. The van der Waals surface area contributed by atoms with Crippen molar-refractivity contribution in [2.24, 2.45) is 16.9 Å². The van der Waals surface area contributed by atoms with Gasteiger partial charge in [-0.15, -0.1) is 13.2 Å². The average molecular weight is 285 g/mol. The first-order valence-corrected chi connectivity index (χ1v) is 6.94. The van der Waals surface area contributed by atoms with E-state index in [0.29, 0.717) is 12.5 Å². The molecule has 0 bridgehead atoms. The summed E-state index contributed by atoms with van der Waals surface area (Å²) in [6, 6.07) is 0.449. The first kappa shape index (κ1) is 23.9. The van der Waals surface area contributed by atoms with Crippen LogP contribution in [-0.4, -0.2) is 37.9 Å². The molecular formula is C16H35N3O. The lowest BCUT2D eigenvalue weighted by Gasteiger charge is -2.18. The first-order valence-electron chi connectivity index (χ1n) is 6.94. The van der Waals surface area contributed by atoms with Gasteiger partial charge in [0.25, 0.3) is 0 Å². The molecule has 0 spiro atoms. The van der Waals surface area contributed by atoms with Crippen LogP contribution in [0.2, 0.25) is 0 Å². The Morgan fingerprint density at radius 1 is 1.35 bits per heavy atom. The number of hydrogen-bond acceptors (Lipinski definition) is 4. The van der Waals surface area contributed by atoms with E-state index in [1.807, 2.05) is 20.8 Å². The van der Waals surface area contributed by atoms with E-state index in [2.05, 4.69) is 37.4 Å². The molecule has 0 radical (unpaired) electrons. The number of likely N-dealkylation sites (N-methyl/N-ethyl adjacent to an activating group) is 1. The van der Waals surface area contributed by atoms with Crippen LogP contribution in [0.5, 0.6) is 0 Å². The fourth-order valence-electron chi connectivity index (χ4n) is 1.63. The lowest BCUT2D eigenvalue weighted by Crippen LogP contribution is -2.29. The Hall–Kier alpha value is -1.13. The fraction of sp³-hybridized carbons (Fsp3) is 0.688. The van der Waals surface area contributed by atoms with Gasteiger partial charge in [0.1, 0.15) is 6.29 Å². The summed E-state index contributed by atoms with van der Waals surface area (Å²) in [5.41, 5.74) is 11.0. The van der Waals surface area contributed by atoms with Crippen molar-refractivity contribution in [1.82, 2.24) is 4.90 Å². The number of carbonyl (C=O) groups excluding carboxylic acids is 1. The molecule has 0 aromatic rings. The second-order valence-electron chi connectivity index (χ2n) is 5.64. The van der Waals surface area contributed by atoms with Crippen molar-refractivity contribution in [2.45, 2.75) is 46.1 Å². The molecular weight excluding hydrogens is 250 g/mol. The van der Waals surface area contributed by atoms with Crippen LogP contribution in [0, 0.1) is 5.41 Å². The Morgan fingerprint density at radius 2 is 1.80 bits per heavy atom. The number of carbonyl (C=O) groups is 1. The number of rotatable bonds is 2. The van der Waals surface area contributed by atoms with Crippen LogP contribution in [0.3, 0.4) is 0 Å². The Kier molecular flexibility index (Phi) is 17.1. The Labute approximate surface area is 125 Å². The minimum absolute atomic E-state index is 0.182. The van der Waals surface area contributed by atoms with E-state index >= 15 is 0 Å². The van der Waals surface area contributed by atoms with Crippen LogP contribution in [0.15, 0.2) is 25.4 Å². The molecule has 1 aliphatic heterocycles. The molecule has 4 N–H and O–H groups in total. The molecule has 1 fully saturated rings. The average Bonchev–Trinajstić information content (AvgIpc) is 2.80. The maximum absolute atomic E-state index is 9.82. The van der Waals surface area contributed by atoms with Gasteiger partial charge in [-0.2, -0.15) is 0 Å². The molecule has 1 rings (SSSR count). The summed E-state index contributed by atoms with van der Waals surface area (Å²) in [4.78, 5) is 12.1. The smallest absolute Gasteiger partial charge is 0.120 e. The number of hydrogen-bond donors (Lipinski definition) is 2. The normalized spacial score (nSPS) is 17.4. The van der Waals surface area contributed by atoms with E-state index < -0.39 is 0 Å². The fourth-order valence-corrected chi connectivity index (χ4v) is 1.63. The van der Waals surface area contributed by atoms with Crippen LogP contribution in [0.4, 0.5) is 0 Å². The minimum atomic E-state index is 0.182. The van der Waals surface area contributed by atoms with Crippen molar-refractivity contribution in [2.75, 3.05) is 20.6 Å². The van der Waals surface area contributed by atoms with Crippen molar-refractivity contribution in [3.8, 4) is 0 Å². The van der Waals surface area contributed by atoms with E-state index in [-0.39, 0.29) is 5.41 Å². The Morgan fingerprint density at radius 3 is 1.90 bits per heavy atom. The maximum Gasteiger partial charge on any atom is 0.120 e. The van der Waals surface area contributed by atoms with Crippen molar-refractivity contribution in [1.29, 1.82) is 0 Å². The van der Waals surface area contributed by atoms with Gasteiger partial charge in [0.2, 0.25) is 0 Å². The summed E-state index contributed by atoms with van der Waals surface area (Å²) in [7, 11) is 3.59. The summed E-state index contributed by atoms with van der Waals surface area (Å²) in [5, 5.41) is 0. The number of aldehydes is 1. The summed E-state index contributed by atoms with van der Waals surface area (Å²) in [6.07, 6.45) is 4.07. The van der Waals surface area contributed by atoms with Crippen molar-refractivity contribution < 1.29 is 4.79 Å². The first-order chi connectivity index (χ1) is 9.28. The van der Waals surface area contributed by atoms with E-state index in [1.165, 1.54) is 26.4 Å². The largest absolute Gasteiger partial charge is 0.401 e. The SMILES string of the molecule is C=C.C=C(N)C1CCCN1C.CC(C)(C)CC=O.CN. The zero-order valence-corrected chi connectivity index (χ0v) is 14.1. The second-order valence-corrected chi connectivity index (χ2v) is 5.64. The molecule has 4 nitrogen and oxygen atoms in total. The highest BCUT2D eigenvalue weighted by atomic mass is 16.1. The molecule has 1 unspecified atom stereocenters. The molecule has 0 amide bonds. The van der Waals surface area contributed by atoms with Gasteiger partial charge in [-0.1, -0.05) is 27.4 Å². The lowest BCUT2D eigenvalue weighted by molar-refractivity contribution is -0.109. The molecule has 1 heterocycles. The molecule has 0 aromatic carbocycles. The molecule has 0 aliphatic carbocycles. The zero-order valence-electron chi connectivity index (χ0n) is 14.1. The van der Waals surface area contributed by atoms with Crippen LogP contribution < -0.4 is 11.5 Å². The third-order valence-electron chi connectivity index (χ3n) is 2.64. The molecule has 0 saturated carbocycles. The number of likely N-dealkylation sites (tertiary alicyclic amines) is 1. The van der Waals surface area contributed by atoms with Gasteiger partial charge in [-0.3, -0.25) is 4.90 Å². The third-order valence-corrected chi connectivity index (χ3v) is 2.64. The van der Waals surface area contributed by atoms with E-state index in [1.54, 1.807) is 0 Å². The Balaban J connectivity index is -0.000000236. The Bertz CT molecular complexity index is 247. The van der Waals surface area contributed by atoms with Gasteiger partial charge in [-0.05, 0) is 38.9 Å². The van der Waals surface area contributed by atoms with E-state index in [9.17, 15) is 4.79 Å². The number of nitrogens with zero attached hydrogens (tertiary/aromatic N) is 1. The van der Waals surface area contributed by atoms with Crippen LogP contribution >= 0.6 is 0 Å². The molecule has 1 atom stereocenters. The summed E-state index contributed by atoms with van der Waals surface area (Å²) in [5.74, 6) is 0.